The van der Waals surface area contributed by atoms with Crippen LogP contribution >= 0.6 is 23.6 Å². The van der Waals surface area contributed by atoms with Gasteiger partial charge in [0.15, 0.2) is 5.11 Å². The Morgan fingerprint density at radius 1 is 1.30 bits per heavy atom. The predicted molar refractivity (Wildman–Crippen MR) is 82.5 cm³/mol. The van der Waals surface area contributed by atoms with Gasteiger partial charge in [0.05, 0.1) is 0 Å². The molecule has 0 saturated heterocycles. The summed E-state index contributed by atoms with van der Waals surface area (Å²) in [4.78, 5) is 0. The quantitative estimate of drug-likeness (QED) is 0.821. The lowest BCUT2D eigenvalue weighted by Gasteiger charge is -2.07. The molecule has 9 heteroatoms. The van der Waals surface area contributed by atoms with Crippen LogP contribution in [0.5, 0.6) is 0 Å². The Balaban J connectivity index is 1.90. The Labute approximate surface area is 126 Å². The second-order valence-electron chi connectivity index (χ2n) is 3.94. The molecule has 0 fully saturated rings. The average Bonchev–Trinajstić information content (AvgIpc) is 2.86. The molecule has 0 spiro atoms. The highest BCUT2D eigenvalue weighted by atomic mass is 32.2. The van der Waals surface area contributed by atoms with Crippen molar-refractivity contribution in [1.29, 1.82) is 0 Å². The van der Waals surface area contributed by atoms with Crippen LogP contribution < -0.4 is 10.6 Å². The maximum absolute atomic E-state index is 11.3. The van der Waals surface area contributed by atoms with Crippen molar-refractivity contribution in [3.8, 4) is 0 Å². The number of hydrogen-bond donors (Lipinski definition) is 2. The minimum absolute atomic E-state index is 0.0362. The summed E-state index contributed by atoms with van der Waals surface area (Å²) < 4.78 is 22.5. The van der Waals surface area contributed by atoms with E-state index in [4.69, 9.17) is 12.2 Å². The first-order chi connectivity index (χ1) is 9.45. The molecule has 0 amide bonds. The smallest absolute Gasteiger partial charge is 0.234 e. The molecule has 2 aromatic rings. The van der Waals surface area contributed by atoms with Crippen molar-refractivity contribution < 1.29 is 8.42 Å². The molecular weight excluding hydrogens is 316 g/mol. The van der Waals surface area contributed by atoms with Gasteiger partial charge in [-0.15, -0.1) is 10.2 Å². The number of sulfone groups is 1. The van der Waals surface area contributed by atoms with Crippen molar-refractivity contribution in [3.63, 3.8) is 0 Å². The SMILES string of the molecule is CS(=O)(=O)c1nnc(NC(=S)NCc2ccccc2)s1. The third-order valence-electron chi connectivity index (χ3n) is 2.24. The van der Waals surface area contributed by atoms with Gasteiger partial charge in [0.1, 0.15) is 0 Å². The van der Waals surface area contributed by atoms with Gasteiger partial charge in [-0.25, -0.2) is 8.42 Å². The standard InChI is InChI=1S/C11H12N4O2S3/c1-20(16,17)11-15-14-10(19-11)13-9(18)12-7-8-5-3-2-4-6-8/h2-6H,7H2,1H3,(H2,12,13,14,18). The van der Waals surface area contributed by atoms with E-state index in [0.717, 1.165) is 23.2 Å². The van der Waals surface area contributed by atoms with E-state index in [-0.39, 0.29) is 4.34 Å². The Morgan fingerprint density at radius 2 is 2.00 bits per heavy atom. The molecule has 0 unspecified atom stereocenters. The molecule has 1 heterocycles. The molecular formula is C11H12N4O2S3. The number of nitrogens with one attached hydrogen (secondary N) is 2. The normalized spacial score (nSPS) is 11.1. The van der Waals surface area contributed by atoms with Gasteiger partial charge in [0.25, 0.3) is 0 Å². The summed E-state index contributed by atoms with van der Waals surface area (Å²) in [6, 6.07) is 9.77. The summed E-state index contributed by atoms with van der Waals surface area (Å²) in [5.74, 6) is 0. The minimum Gasteiger partial charge on any atom is -0.358 e. The minimum atomic E-state index is -3.33. The van der Waals surface area contributed by atoms with Gasteiger partial charge < -0.3 is 10.6 Å². The zero-order valence-electron chi connectivity index (χ0n) is 10.5. The first kappa shape index (κ1) is 14.8. The Bertz CT molecular complexity index is 697. The number of rotatable bonds is 4. The number of aromatic nitrogens is 2. The number of nitrogens with zero attached hydrogens (tertiary/aromatic N) is 2. The second-order valence-corrected chi connectivity index (χ2v) is 7.51. The van der Waals surface area contributed by atoms with E-state index < -0.39 is 9.84 Å². The third kappa shape index (κ3) is 4.22. The lowest BCUT2D eigenvalue weighted by Crippen LogP contribution is -2.27. The molecule has 20 heavy (non-hydrogen) atoms. The fourth-order valence-electron chi connectivity index (χ4n) is 1.33. The van der Waals surface area contributed by atoms with E-state index in [1.54, 1.807) is 0 Å². The summed E-state index contributed by atoms with van der Waals surface area (Å²) in [5.41, 5.74) is 1.09. The molecule has 106 valence electrons. The van der Waals surface area contributed by atoms with Gasteiger partial charge >= 0.3 is 0 Å². The van der Waals surface area contributed by atoms with Crippen LogP contribution in [0.2, 0.25) is 0 Å². The zero-order valence-corrected chi connectivity index (χ0v) is 13.0. The summed E-state index contributed by atoms with van der Waals surface area (Å²) >= 11 is 6.05. The Morgan fingerprint density at radius 3 is 2.60 bits per heavy atom. The van der Waals surface area contributed by atoms with E-state index >= 15 is 0 Å². The number of hydrogen-bond acceptors (Lipinski definition) is 6. The van der Waals surface area contributed by atoms with Crippen LogP contribution in [0, 0.1) is 0 Å². The van der Waals surface area contributed by atoms with E-state index in [9.17, 15) is 8.42 Å². The summed E-state index contributed by atoms with van der Waals surface area (Å²) in [6.07, 6.45) is 1.09. The molecule has 0 radical (unpaired) electrons. The van der Waals surface area contributed by atoms with E-state index in [1.807, 2.05) is 30.3 Å². The molecule has 0 aliphatic heterocycles. The maximum atomic E-state index is 11.3. The van der Waals surface area contributed by atoms with Gasteiger partial charge in [-0.2, -0.15) is 0 Å². The highest BCUT2D eigenvalue weighted by Gasteiger charge is 2.14. The van der Waals surface area contributed by atoms with Crippen LogP contribution in [0.1, 0.15) is 5.56 Å². The topological polar surface area (TPSA) is 84.0 Å². The van der Waals surface area contributed by atoms with Crippen LogP contribution in [0.4, 0.5) is 5.13 Å². The van der Waals surface area contributed by atoms with Gasteiger partial charge in [-0.1, -0.05) is 41.7 Å². The van der Waals surface area contributed by atoms with Crippen molar-refractivity contribution in [1.82, 2.24) is 15.5 Å². The summed E-state index contributed by atoms with van der Waals surface area (Å²) in [5, 5.41) is 13.8. The predicted octanol–water partition coefficient (Wildman–Crippen LogP) is 1.43. The van der Waals surface area contributed by atoms with E-state index in [2.05, 4.69) is 20.8 Å². The molecule has 1 aromatic carbocycles. The molecule has 0 aliphatic carbocycles. The Hall–Kier alpha value is -1.58. The maximum Gasteiger partial charge on any atom is 0.234 e. The number of thiocarbonyl (C=S) groups is 1. The van der Waals surface area contributed by atoms with Crippen LogP contribution in [0.15, 0.2) is 34.7 Å². The second kappa shape index (κ2) is 6.25. The molecule has 0 atom stereocenters. The van der Waals surface area contributed by atoms with Crippen molar-refractivity contribution in [3.05, 3.63) is 35.9 Å². The fraction of sp³-hybridized carbons (Fsp3) is 0.182. The zero-order chi connectivity index (χ0) is 14.6. The summed E-state index contributed by atoms with van der Waals surface area (Å²) in [6.45, 7) is 0.574. The number of anilines is 1. The highest BCUT2D eigenvalue weighted by molar-refractivity contribution is 7.92. The molecule has 2 N–H and O–H groups in total. The van der Waals surface area contributed by atoms with Crippen molar-refractivity contribution in [2.45, 2.75) is 10.9 Å². The lowest BCUT2D eigenvalue weighted by molar-refractivity contribution is 0.600. The average molecular weight is 328 g/mol. The molecule has 0 aliphatic rings. The highest BCUT2D eigenvalue weighted by Crippen LogP contribution is 2.19. The Kier molecular flexibility index (Phi) is 4.63. The molecule has 0 bridgehead atoms. The molecule has 0 saturated carbocycles. The van der Waals surface area contributed by atoms with Crippen LogP contribution in [0.3, 0.4) is 0 Å². The first-order valence-corrected chi connectivity index (χ1v) is 8.69. The van der Waals surface area contributed by atoms with Gasteiger partial charge in [-0.05, 0) is 17.8 Å². The third-order valence-corrected chi connectivity index (χ3v) is 4.99. The molecule has 6 nitrogen and oxygen atoms in total. The molecule has 1 aromatic heterocycles. The fourth-order valence-corrected chi connectivity index (χ4v) is 3.08. The first-order valence-electron chi connectivity index (χ1n) is 5.57. The van der Waals surface area contributed by atoms with Gasteiger partial charge in [0, 0.05) is 12.8 Å². The monoisotopic (exact) mass is 328 g/mol. The number of benzene rings is 1. The van der Waals surface area contributed by atoms with Crippen LogP contribution in [-0.2, 0) is 16.4 Å². The van der Waals surface area contributed by atoms with Gasteiger partial charge in [-0.3, -0.25) is 0 Å². The summed E-state index contributed by atoms with van der Waals surface area (Å²) in [7, 11) is -3.33. The largest absolute Gasteiger partial charge is 0.358 e. The van der Waals surface area contributed by atoms with Crippen molar-refractivity contribution in [2.75, 3.05) is 11.6 Å². The van der Waals surface area contributed by atoms with Crippen LogP contribution in [0.25, 0.3) is 0 Å². The van der Waals surface area contributed by atoms with Crippen molar-refractivity contribution in [2.24, 2.45) is 0 Å². The van der Waals surface area contributed by atoms with Crippen molar-refractivity contribution >= 4 is 43.6 Å². The lowest BCUT2D eigenvalue weighted by atomic mass is 10.2. The molecule has 2 rings (SSSR count). The van der Waals surface area contributed by atoms with Gasteiger partial charge in [0.2, 0.25) is 19.3 Å². The van der Waals surface area contributed by atoms with E-state index in [0.29, 0.717) is 16.8 Å². The van der Waals surface area contributed by atoms with E-state index in [1.165, 1.54) is 0 Å². The van der Waals surface area contributed by atoms with Crippen LogP contribution in [-0.4, -0.2) is 30.0 Å².